The summed E-state index contributed by atoms with van der Waals surface area (Å²) in [6.07, 6.45) is 4.17. The van der Waals surface area contributed by atoms with E-state index in [-0.39, 0.29) is 0 Å². The van der Waals surface area contributed by atoms with Crippen LogP contribution in [0.4, 0.5) is 0 Å². The molecule has 21 heavy (non-hydrogen) atoms. The van der Waals surface area contributed by atoms with Gasteiger partial charge in [-0.1, -0.05) is 6.92 Å². The van der Waals surface area contributed by atoms with Gasteiger partial charge in [0.25, 0.3) is 0 Å². The average Bonchev–Trinajstić information content (AvgIpc) is 3.09. The molecular formula is C15H27BrN4O. The zero-order valence-electron chi connectivity index (χ0n) is 13.3. The van der Waals surface area contributed by atoms with Crippen LogP contribution in [0.5, 0.6) is 0 Å². The molecule has 2 heterocycles. The number of hydrogen-bond acceptors (Lipinski definition) is 4. The third-order valence-electron chi connectivity index (χ3n) is 3.94. The van der Waals surface area contributed by atoms with Crippen LogP contribution in [0.15, 0.2) is 10.7 Å². The summed E-state index contributed by atoms with van der Waals surface area (Å²) in [6.45, 7) is 6.83. The molecular weight excluding hydrogens is 332 g/mol. The lowest BCUT2D eigenvalue weighted by Gasteiger charge is -2.26. The van der Waals surface area contributed by atoms with E-state index < -0.39 is 0 Å². The Balaban J connectivity index is 2.18. The first kappa shape index (κ1) is 16.9. The third kappa shape index (κ3) is 4.52. The van der Waals surface area contributed by atoms with Crippen molar-refractivity contribution in [3.05, 3.63) is 16.4 Å². The van der Waals surface area contributed by atoms with Crippen LogP contribution in [0.2, 0.25) is 0 Å². The van der Waals surface area contributed by atoms with Gasteiger partial charge < -0.3 is 15.0 Å². The molecule has 1 N–H and O–H groups in total. The summed E-state index contributed by atoms with van der Waals surface area (Å²) in [5.74, 6) is 0.530. The third-order valence-corrected chi connectivity index (χ3v) is 4.55. The minimum atomic E-state index is 0.312. The van der Waals surface area contributed by atoms with E-state index in [1.165, 1.54) is 5.69 Å². The van der Waals surface area contributed by atoms with Gasteiger partial charge in [-0.2, -0.15) is 5.10 Å². The molecule has 2 atom stereocenters. The minimum absolute atomic E-state index is 0.312. The van der Waals surface area contributed by atoms with Crippen LogP contribution in [-0.4, -0.2) is 55.1 Å². The van der Waals surface area contributed by atoms with Crippen molar-refractivity contribution in [2.24, 2.45) is 5.92 Å². The number of hydrogen-bond donors (Lipinski definition) is 1. The van der Waals surface area contributed by atoms with Gasteiger partial charge in [-0.05, 0) is 49.4 Å². The summed E-state index contributed by atoms with van der Waals surface area (Å²) in [5.41, 5.74) is 1.26. The standard InChI is InChI=1S/C15H27BrN4O/c1-4-6-17-14(12-5-9-21-11-12)15-13(16)10-18-20(15)8-7-19(2)3/h10,12,14,17H,4-9,11H2,1-3H3. The van der Waals surface area contributed by atoms with Crippen molar-refractivity contribution < 1.29 is 4.74 Å². The highest BCUT2D eigenvalue weighted by Gasteiger charge is 2.30. The molecule has 0 aliphatic carbocycles. The van der Waals surface area contributed by atoms with Crippen molar-refractivity contribution in [1.82, 2.24) is 20.0 Å². The number of rotatable bonds is 8. The van der Waals surface area contributed by atoms with Crippen LogP contribution >= 0.6 is 15.9 Å². The maximum atomic E-state index is 5.60. The van der Waals surface area contributed by atoms with Crippen LogP contribution < -0.4 is 5.32 Å². The SMILES string of the molecule is CCCNC(c1c(Br)cnn1CCN(C)C)C1CCOC1. The highest BCUT2D eigenvalue weighted by Crippen LogP contribution is 2.33. The Morgan fingerprint density at radius 2 is 2.38 bits per heavy atom. The Bertz CT molecular complexity index is 429. The molecule has 1 aliphatic heterocycles. The molecule has 0 saturated carbocycles. The molecule has 1 aromatic heterocycles. The molecule has 2 rings (SSSR count). The molecule has 1 fully saturated rings. The highest BCUT2D eigenvalue weighted by atomic mass is 79.9. The number of likely N-dealkylation sites (N-methyl/N-ethyl adjacent to an activating group) is 1. The monoisotopic (exact) mass is 358 g/mol. The second kappa shape index (κ2) is 8.27. The smallest absolute Gasteiger partial charge is 0.0699 e. The number of ether oxygens (including phenoxy) is 1. The van der Waals surface area contributed by atoms with Gasteiger partial charge in [0, 0.05) is 19.1 Å². The Hall–Kier alpha value is -0.430. The van der Waals surface area contributed by atoms with E-state index in [0.29, 0.717) is 12.0 Å². The van der Waals surface area contributed by atoms with E-state index in [9.17, 15) is 0 Å². The van der Waals surface area contributed by atoms with Gasteiger partial charge in [-0.25, -0.2) is 0 Å². The first-order chi connectivity index (χ1) is 10.1. The molecule has 1 aromatic rings. The number of nitrogens with zero attached hydrogens (tertiary/aromatic N) is 3. The second-order valence-electron chi connectivity index (χ2n) is 5.96. The van der Waals surface area contributed by atoms with Crippen molar-refractivity contribution >= 4 is 15.9 Å². The Kier molecular flexibility index (Phi) is 6.67. The molecule has 6 heteroatoms. The van der Waals surface area contributed by atoms with Crippen LogP contribution in [0.3, 0.4) is 0 Å². The number of halogens is 1. The summed E-state index contributed by atoms with van der Waals surface area (Å²) in [7, 11) is 4.19. The fourth-order valence-corrected chi connectivity index (χ4v) is 3.30. The number of nitrogens with one attached hydrogen (secondary N) is 1. The van der Waals surface area contributed by atoms with Crippen LogP contribution in [0.25, 0.3) is 0 Å². The zero-order chi connectivity index (χ0) is 15.2. The van der Waals surface area contributed by atoms with Gasteiger partial charge >= 0.3 is 0 Å². The van der Waals surface area contributed by atoms with Gasteiger partial charge in [0.15, 0.2) is 0 Å². The fourth-order valence-electron chi connectivity index (χ4n) is 2.76. The van der Waals surface area contributed by atoms with E-state index >= 15 is 0 Å². The van der Waals surface area contributed by atoms with Crippen LogP contribution in [0.1, 0.15) is 31.5 Å². The lowest BCUT2D eigenvalue weighted by molar-refractivity contribution is 0.175. The fraction of sp³-hybridized carbons (Fsp3) is 0.800. The first-order valence-electron chi connectivity index (χ1n) is 7.80. The lowest BCUT2D eigenvalue weighted by atomic mass is 9.96. The molecule has 5 nitrogen and oxygen atoms in total. The predicted octanol–water partition coefficient (Wildman–Crippen LogP) is 2.28. The normalized spacial score (nSPS) is 20.3. The minimum Gasteiger partial charge on any atom is -0.381 e. The van der Waals surface area contributed by atoms with E-state index in [1.54, 1.807) is 0 Å². The molecule has 0 radical (unpaired) electrons. The van der Waals surface area contributed by atoms with Crippen molar-refractivity contribution in [2.75, 3.05) is 40.4 Å². The summed E-state index contributed by atoms with van der Waals surface area (Å²) in [4.78, 5) is 2.19. The summed E-state index contributed by atoms with van der Waals surface area (Å²) < 4.78 is 8.83. The van der Waals surface area contributed by atoms with E-state index in [0.717, 1.165) is 50.2 Å². The lowest BCUT2D eigenvalue weighted by Crippen LogP contribution is -2.32. The summed E-state index contributed by atoms with van der Waals surface area (Å²) in [5, 5.41) is 8.25. The van der Waals surface area contributed by atoms with Crippen molar-refractivity contribution in [3.63, 3.8) is 0 Å². The van der Waals surface area contributed by atoms with Crippen LogP contribution in [-0.2, 0) is 11.3 Å². The highest BCUT2D eigenvalue weighted by molar-refractivity contribution is 9.10. The molecule has 0 bridgehead atoms. The topological polar surface area (TPSA) is 42.3 Å². The van der Waals surface area contributed by atoms with E-state index in [2.05, 4.69) is 56.9 Å². The molecule has 0 aromatic carbocycles. The molecule has 120 valence electrons. The van der Waals surface area contributed by atoms with Gasteiger partial charge in [-0.15, -0.1) is 0 Å². The average molecular weight is 359 g/mol. The first-order valence-corrected chi connectivity index (χ1v) is 8.59. The largest absolute Gasteiger partial charge is 0.381 e. The Labute approximate surface area is 136 Å². The molecule has 0 spiro atoms. The van der Waals surface area contributed by atoms with Crippen molar-refractivity contribution in [1.29, 1.82) is 0 Å². The predicted molar refractivity (Wildman–Crippen MR) is 88.4 cm³/mol. The maximum absolute atomic E-state index is 5.60. The summed E-state index contributed by atoms with van der Waals surface area (Å²) in [6, 6.07) is 0.312. The second-order valence-corrected chi connectivity index (χ2v) is 6.81. The van der Waals surface area contributed by atoms with E-state index in [4.69, 9.17) is 4.74 Å². The van der Waals surface area contributed by atoms with Gasteiger partial charge in [0.2, 0.25) is 0 Å². The zero-order valence-corrected chi connectivity index (χ0v) is 14.9. The van der Waals surface area contributed by atoms with E-state index in [1.807, 2.05) is 6.20 Å². The van der Waals surface area contributed by atoms with Crippen molar-refractivity contribution in [2.45, 2.75) is 32.4 Å². The Morgan fingerprint density at radius 3 is 3.00 bits per heavy atom. The van der Waals surface area contributed by atoms with Crippen LogP contribution in [0, 0.1) is 5.92 Å². The van der Waals surface area contributed by atoms with Gasteiger partial charge in [0.05, 0.1) is 35.6 Å². The van der Waals surface area contributed by atoms with Gasteiger partial charge in [-0.3, -0.25) is 4.68 Å². The van der Waals surface area contributed by atoms with Gasteiger partial charge in [0.1, 0.15) is 0 Å². The van der Waals surface area contributed by atoms with Crippen molar-refractivity contribution in [3.8, 4) is 0 Å². The molecule has 2 unspecified atom stereocenters. The molecule has 1 aliphatic rings. The number of aromatic nitrogens is 2. The maximum Gasteiger partial charge on any atom is 0.0699 e. The Morgan fingerprint density at radius 1 is 1.57 bits per heavy atom. The summed E-state index contributed by atoms with van der Waals surface area (Å²) >= 11 is 3.69. The molecule has 0 amide bonds. The molecule has 1 saturated heterocycles. The quantitative estimate of drug-likeness (QED) is 0.773.